The molecule has 0 unspecified atom stereocenters. The molecule has 4 aliphatic rings. The molecule has 2 bridgehead atoms. The van der Waals surface area contributed by atoms with Crippen molar-refractivity contribution in [3.05, 3.63) is 23.0 Å². The summed E-state index contributed by atoms with van der Waals surface area (Å²) >= 11 is 0. The van der Waals surface area contributed by atoms with Crippen LogP contribution in [0.15, 0.2) is 6.07 Å². The zero-order chi connectivity index (χ0) is 22.2. The van der Waals surface area contributed by atoms with Crippen LogP contribution in [0.2, 0.25) is 0 Å². The number of carbonyl (C=O) groups excluding carboxylic acids is 1. The third-order valence-electron chi connectivity index (χ3n) is 8.45. The molecular weight excluding hydrogens is 424 g/mol. The fraction of sp³-hybridized carbons (Fsp3) is 0.708. The van der Waals surface area contributed by atoms with Crippen molar-refractivity contribution in [3.8, 4) is 0 Å². The van der Waals surface area contributed by atoms with Gasteiger partial charge < -0.3 is 5.32 Å². The summed E-state index contributed by atoms with van der Waals surface area (Å²) in [7, 11) is -3.04. The van der Waals surface area contributed by atoms with Crippen molar-refractivity contribution in [2.45, 2.75) is 76.8 Å². The van der Waals surface area contributed by atoms with E-state index in [4.69, 9.17) is 10.1 Å². The van der Waals surface area contributed by atoms with Gasteiger partial charge in [-0.05, 0) is 76.2 Å². The summed E-state index contributed by atoms with van der Waals surface area (Å²) in [6.07, 6.45) is 7.95. The second-order valence-corrected chi connectivity index (χ2v) is 13.0. The Labute approximate surface area is 189 Å². The number of pyridine rings is 1. The molecule has 3 saturated carbocycles. The second kappa shape index (κ2) is 7.27. The van der Waals surface area contributed by atoms with Crippen LogP contribution in [-0.2, 0) is 9.84 Å². The third-order valence-corrected chi connectivity index (χ3v) is 10.2. The largest absolute Gasteiger partial charge is 0.349 e. The second-order valence-electron chi connectivity index (χ2n) is 10.8. The molecule has 1 aliphatic heterocycles. The molecule has 3 aliphatic carbocycles. The van der Waals surface area contributed by atoms with E-state index in [-0.39, 0.29) is 29.5 Å². The van der Waals surface area contributed by atoms with Crippen molar-refractivity contribution < 1.29 is 13.2 Å². The Bertz CT molecular complexity index is 1200. The van der Waals surface area contributed by atoms with Gasteiger partial charge in [0.05, 0.1) is 34.2 Å². The van der Waals surface area contributed by atoms with Crippen molar-refractivity contribution in [2.24, 2.45) is 17.8 Å². The average Bonchev–Trinajstić information content (AvgIpc) is 3.06. The maximum atomic E-state index is 13.5. The summed E-state index contributed by atoms with van der Waals surface area (Å²) in [5.41, 5.74) is 3.01. The number of nitrogens with one attached hydrogen (secondary N) is 1. The average molecular weight is 457 g/mol. The monoisotopic (exact) mass is 456 g/mol. The molecule has 2 aromatic heterocycles. The number of hydrogen-bond acceptors (Lipinski definition) is 5. The molecule has 0 spiro atoms. The summed E-state index contributed by atoms with van der Waals surface area (Å²) in [6.45, 7) is 4.06. The van der Waals surface area contributed by atoms with Crippen LogP contribution >= 0.6 is 0 Å². The van der Waals surface area contributed by atoms with Gasteiger partial charge in [-0.25, -0.2) is 18.1 Å². The Balaban J connectivity index is 1.36. The predicted molar refractivity (Wildman–Crippen MR) is 122 cm³/mol. The number of fused-ring (bicyclic) bond motifs is 3. The minimum absolute atomic E-state index is 0.0451. The van der Waals surface area contributed by atoms with Gasteiger partial charge in [-0.3, -0.25) is 4.79 Å². The molecule has 0 aromatic carbocycles. The Morgan fingerprint density at radius 2 is 2.00 bits per heavy atom. The highest BCUT2D eigenvalue weighted by Crippen LogP contribution is 2.49. The van der Waals surface area contributed by atoms with Crippen LogP contribution in [-0.4, -0.2) is 46.6 Å². The van der Waals surface area contributed by atoms with E-state index in [1.807, 2.05) is 13.0 Å². The lowest BCUT2D eigenvalue weighted by Crippen LogP contribution is -2.40. The zero-order valence-electron chi connectivity index (χ0n) is 18.9. The minimum atomic E-state index is -3.04. The Kier molecular flexibility index (Phi) is 4.69. The van der Waals surface area contributed by atoms with Crippen molar-refractivity contribution in [2.75, 3.05) is 11.5 Å². The van der Waals surface area contributed by atoms with Crippen LogP contribution in [0.5, 0.6) is 0 Å². The molecule has 1 amide bonds. The summed E-state index contributed by atoms with van der Waals surface area (Å²) in [5.74, 6) is 2.81. The van der Waals surface area contributed by atoms with E-state index >= 15 is 0 Å². The minimum Gasteiger partial charge on any atom is -0.349 e. The predicted octanol–water partition coefficient (Wildman–Crippen LogP) is 3.53. The summed E-state index contributed by atoms with van der Waals surface area (Å²) in [4.78, 5) is 18.4. The maximum Gasteiger partial charge on any atom is 0.252 e. The topological polar surface area (TPSA) is 93.9 Å². The molecule has 32 heavy (non-hydrogen) atoms. The molecule has 7 nitrogen and oxygen atoms in total. The van der Waals surface area contributed by atoms with Crippen molar-refractivity contribution in [1.82, 2.24) is 20.1 Å². The van der Waals surface area contributed by atoms with E-state index in [1.54, 1.807) is 4.68 Å². The van der Waals surface area contributed by atoms with E-state index < -0.39 is 9.84 Å². The Morgan fingerprint density at radius 3 is 2.62 bits per heavy atom. The van der Waals surface area contributed by atoms with Crippen molar-refractivity contribution in [1.29, 1.82) is 0 Å². The third kappa shape index (κ3) is 3.45. The first-order chi connectivity index (χ1) is 15.3. The maximum absolute atomic E-state index is 13.5. The lowest BCUT2D eigenvalue weighted by Gasteiger charge is -2.28. The lowest BCUT2D eigenvalue weighted by molar-refractivity contribution is 0.0916. The van der Waals surface area contributed by atoms with E-state index in [9.17, 15) is 13.2 Å². The zero-order valence-corrected chi connectivity index (χ0v) is 19.7. The molecular formula is C24H32N4O3S. The van der Waals surface area contributed by atoms with Gasteiger partial charge in [0.15, 0.2) is 15.5 Å². The molecule has 3 heterocycles. The quantitative estimate of drug-likeness (QED) is 0.743. The number of rotatable bonds is 5. The normalized spacial score (nSPS) is 31.9. The van der Waals surface area contributed by atoms with Gasteiger partial charge >= 0.3 is 0 Å². The van der Waals surface area contributed by atoms with Gasteiger partial charge in [-0.1, -0.05) is 6.42 Å². The SMILES string of the molecule is Cc1nn([C@@H]2CCS(=O)(=O)C2)c2nc(C3CC3)cc(C(=O)N[C@@H](C)[C@H]3C[C@H]4CC[C@H]3C4)c12. The van der Waals surface area contributed by atoms with Crippen molar-refractivity contribution >= 4 is 26.8 Å². The standard InChI is InChI=1S/C24H32N4O3S/c1-13(19-10-15-3-4-17(19)9-15)25-24(29)20-11-21(16-5-6-16)26-23-22(20)14(2)27-28(23)18-7-8-32(30,31)12-18/h11,13,15-19H,3-10,12H2,1-2H3,(H,25,29)/t13-,15-,17-,18+,19+/m0/s1. The number of nitrogens with zero attached hydrogens (tertiary/aromatic N) is 3. The van der Waals surface area contributed by atoms with Crippen molar-refractivity contribution in [3.63, 3.8) is 0 Å². The molecule has 8 heteroatoms. The number of carbonyl (C=O) groups is 1. The van der Waals surface area contributed by atoms with Gasteiger partial charge in [0, 0.05) is 17.7 Å². The molecule has 2 aromatic rings. The Morgan fingerprint density at radius 1 is 1.19 bits per heavy atom. The number of aryl methyl sites for hydroxylation is 1. The highest BCUT2D eigenvalue weighted by atomic mass is 32.2. The molecule has 5 atom stereocenters. The molecule has 1 saturated heterocycles. The van der Waals surface area contributed by atoms with Gasteiger partial charge in [0.2, 0.25) is 0 Å². The van der Waals surface area contributed by atoms with Gasteiger partial charge in [-0.15, -0.1) is 0 Å². The Hall–Kier alpha value is -1.96. The highest BCUT2D eigenvalue weighted by Gasteiger charge is 2.42. The van der Waals surface area contributed by atoms with Crippen LogP contribution in [0.3, 0.4) is 0 Å². The van der Waals surface area contributed by atoms with E-state index in [0.717, 1.165) is 41.5 Å². The lowest BCUT2D eigenvalue weighted by atomic mass is 9.84. The number of sulfone groups is 1. The first-order valence-corrected chi connectivity index (χ1v) is 14.0. The fourth-order valence-electron chi connectivity index (χ4n) is 6.62. The molecule has 172 valence electrons. The molecule has 6 rings (SSSR count). The summed E-state index contributed by atoms with van der Waals surface area (Å²) in [5, 5.41) is 8.79. The molecule has 1 N–H and O–H groups in total. The van der Waals surface area contributed by atoms with Gasteiger partial charge in [0.1, 0.15) is 0 Å². The molecule has 0 radical (unpaired) electrons. The molecule has 4 fully saturated rings. The van der Waals surface area contributed by atoms with E-state index in [1.165, 1.54) is 25.7 Å². The van der Waals surface area contributed by atoms with Crippen LogP contribution < -0.4 is 5.32 Å². The van der Waals surface area contributed by atoms with E-state index in [2.05, 4.69) is 12.2 Å². The first kappa shape index (κ1) is 20.6. The smallest absolute Gasteiger partial charge is 0.252 e. The number of hydrogen-bond donors (Lipinski definition) is 1. The number of amides is 1. The van der Waals surface area contributed by atoms with Gasteiger partial charge in [-0.2, -0.15) is 5.10 Å². The van der Waals surface area contributed by atoms with E-state index in [0.29, 0.717) is 29.5 Å². The summed E-state index contributed by atoms with van der Waals surface area (Å²) < 4.78 is 26.0. The van der Waals surface area contributed by atoms with Crippen LogP contribution in [0.1, 0.15) is 85.6 Å². The number of aromatic nitrogens is 3. The fourth-order valence-corrected chi connectivity index (χ4v) is 8.31. The first-order valence-electron chi connectivity index (χ1n) is 12.2. The van der Waals surface area contributed by atoms with Crippen LogP contribution in [0, 0.1) is 24.7 Å². The van der Waals surface area contributed by atoms with Crippen LogP contribution in [0.25, 0.3) is 11.0 Å². The highest BCUT2D eigenvalue weighted by molar-refractivity contribution is 7.91. The van der Waals surface area contributed by atoms with Crippen LogP contribution in [0.4, 0.5) is 0 Å². The van der Waals surface area contributed by atoms with Gasteiger partial charge in [0.25, 0.3) is 5.91 Å². The summed E-state index contributed by atoms with van der Waals surface area (Å²) in [6, 6.07) is 1.91.